The fourth-order valence-corrected chi connectivity index (χ4v) is 1.19. The lowest BCUT2D eigenvalue weighted by atomic mass is 10.1. The average molecular weight is 208 g/mol. The third kappa shape index (κ3) is 2.95. The summed E-state index contributed by atoms with van der Waals surface area (Å²) in [6.45, 7) is 4.05. The van der Waals surface area contributed by atoms with E-state index in [-0.39, 0.29) is 23.3 Å². The number of aromatic hydroxyl groups is 1. The Balaban J connectivity index is 2.86. The second-order valence-electron chi connectivity index (χ2n) is 3.63. The lowest BCUT2D eigenvalue weighted by Crippen LogP contribution is -2.37. The number of phenolic OH excluding ortho intramolecular Hbond substituents is 1. The van der Waals surface area contributed by atoms with Crippen LogP contribution in [0.1, 0.15) is 22.8 Å². The van der Waals surface area contributed by atoms with Crippen molar-refractivity contribution in [1.82, 2.24) is 5.32 Å². The molecule has 1 aromatic rings. The van der Waals surface area contributed by atoms with E-state index in [4.69, 9.17) is 5.73 Å². The molecule has 4 nitrogen and oxygen atoms in total. The van der Waals surface area contributed by atoms with E-state index in [2.05, 4.69) is 5.32 Å². The lowest BCUT2D eigenvalue weighted by Gasteiger charge is -2.12. The molecule has 4 N–H and O–H groups in total. The fraction of sp³-hybridized carbons (Fsp3) is 0.364. The first-order valence-electron chi connectivity index (χ1n) is 4.85. The number of rotatable bonds is 3. The molecule has 1 atom stereocenters. The summed E-state index contributed by atoms with van der Waals surface area (Å²) >= 11 is 0. The summed E-state index contributed by atoms with van der Waals surface area (Å²) in [5.74, 6) is -0.309. The Labute approximate surface area is 89.1 Å². The van der Waals surface area contributed by atoms with Gasteiger partial charge in [-0.15, -0.1) is 0 Å². The Morgan fingerprint density at radius 1 is 1.60 bits per heavy atom. The van der Waals surface area contributed by atoms with Gasteiger partial charge < -0.3 is 16.2 Å². The number of phenols is 1. The van der Waals surface area contributed by atoms with Gasteiger partial charge in [-0.25, -0.2) is 0 Å². The molecule has 15 heavy (non-hydrogen) atoms. The van der Waals surface area contributed by atoms with Crippen LogP contribution in [0, 0.1) is 6.92 Å². The molecule has 0 fully saturated rings. The molecule has 0 spiro atoms. The van der Waals surface area contributed by atoms with Crippen LogP contribution < -0.4 is 11.1 Å². The number of aryl methyl sites for hydroxylation is 1. The number of hydrogen-bond donors (Lipinski definition) is 3. The maximum Gasteiger partial charge on any atom is 0.255 e. The van der Waals surface area contributed by atoms with Crippen LogP contribution in [0.4, 0.5) is 0 Å². The smallest absolute Gasteiger partial charge is 0.255 e. The highest BCUT2D eigenvalue weighted by molar-refractivity contribution is 5.97. The summed E-state index contributed by atoms with van der Waals surface area (Å²) in [5, 5.41) is 12.2. The van der Waals surface area contributed by atoms with E-state index in [0.29, 0.717) is 6.54 Å². The molecule has 0 heterocycles. The van der Waals surface area contributed by atoms with Gasteiger partial charge in [-0.2, -0.15) is 0 Å². The first-order chi connectivity index (χ1) is 7.04. The van der Waals surface area contributed by atoms with Gasteiger partial charge in [0.05, 0.1) is 5.56 Å². The van der Waals surface area contributed by atoms with E-state index in [1.807, 2.05) is 13.8 Å². The van der Waals surface area contributed by atoms with Crippen LogP contribution in [0.3, 0.4) is 0 Å². The van der Waals surface area contributed by atoms with Gasteiger partial charge in [0.15, 0.2) is 0 Å². The highest BCUT2D eigenvalue weighted by Gasteiger charge is 2.12. The monoisotopic (exact) mass is 208 g/mol. The Bertz CT molecular complexity index is 364. The van der Waals surface area contributed by atoms with Crippen LogP contribution in [-0.2, 0) is 0 Å². The predicted octanol–water partition coefficient (Wildman–Crippen LogP) is 0.778. The summed E-state index contributed by atoms with van der Waals surface area (Å²) < 4.78 is 0. The van der Waals surface area contributed by atoms with E-state index in [9.17, 15) is 9.90 Å². The quantitative estimate of drug-likeness (QED) is 0.687. The zero-order valence-corrected chi connectivity index (χ0v) is 8.95. The van der Waals surface area contributed by atoms with Crippen LogP contribution in [0.2, 0.25) is 0 Å². The zero-order chi connectivity index (χ0) is 11.4. The molecule has 0 aliphatic rings. The van der Waals surface area contributed by atoms with Gasteiger partial charge in [0.25, 0.3) is 5.91 Å². The highest BCUT2D eigenvalue weighted by atomic mass is 16.3. The van der Waals surface area contributed by atoms with E-state index < -0.39 is 0 Å². The summed E-state index contributed by atoms with van der Waals surface area (Å²) in [6, 6.07) is 4.81. The van der Waals surface area contributed by atoms with Crippen molar-refractivity contribution in [3.63, 3.8) is 0 Å². The van der Waals surface area contributed by atoms with E-state index in [1.165, 1.54) is 6.07 Å². The van der Waals surface area contributed by atoms with Crippen LogP contribution in [0.5, 0.6) is 5.75 Å². The minimum atomic E-state index is -0.297. The topological polar surface area (TPSA) is 75.3 Å². The molecule has 0 aliphatic carbocycles. The lowest BCUT2D eigenvalue weighted by molar-refractivity contribution is 0.0938. The Morgan fingerprint density at radius 3 is 2.87 bits per heavy atom. The number of hydrogen-bond acceptors (Lipinski definition) is 3. The van der Waals surface area contributed by atoms with Crippen molar-refractivity contribution < 1.29 is 9.90 Å². The third-order valence-electron chi connectivity index (χ3n) is 2.13. The summed E-state index contributed by atoms with van der Waals surface area (Å²) in [6.07, 6.45) is 0. The van der Waals surface area contributed by atoms with Gasteiger partial charge in [0, 0.05) is 12.6 Å². The maximum atomic E-state index is 11.7. The van der Waals surface area contributed by atoms with Crippen molar-refractivity contribution in [1.29, 1.82) is 0 Å². The Morgan fingerprint density at radius 2 is 2.27 bits per heavy atom. The normalized spacial score (nSPS) is 12.2. The third-order valence-corrected chi connectivity index (χ3v) is 2.13. The fourth-order valence-electron chi connectivity index (χ4n) is 1.19. The molecule has 0 aliphatic heterocycles. The highest BCUT2D eigenvalue weighted by Crippen LogP contribution is 2.17. The molecule has 0 saturated heterocycles. The Kier molecular flexibility index (Phi) is 3.68. The van der Waals surface area contributed by atoms with E-state index in [1.54, 1.807) is 12.1 Å². The van der Waals surface area contributed by atoms with Crippen molar-refractivity contribution in [3.8, 4) is 5.75 Å². The first kappa shape index (κ1) is 11.5. The van der Waals surface area contributed by atoms with Crippen LogP contribution in [-0.4, -0.2) is 23.6 Å². The molecular weight excluding hydrogens is 192 g/mol. The molecule has 1 aromatic carbocycles. The average Bonchev–Trinajstić information content (AvgIpc) is 2.21. The molecule has 82 valence electrons. The maximum absolute atomic E-state index is 11.7. The number of nitrogens with one attached hydrogen (secondary N) is 1. The largest absolute Gasteiger partial charge is 0.507 e. The van der Waals surface area contributed by atoms with Gasteiger partial charge in [-0.3, -0.25) is 4.79 Å². The molecule has 0 radical (unpaired) electrons. The number of carbonyl (C=O) groups is 1. The number of nitrogens with two attached hydrogens (primary N) is 1. The second kappa shape index (κ2) is 4.79. The summed E-state index contributed by atoms with van der Waals surface area (Å²) in [7, 11) is 0. The standard InChI is InChI=1S/C11H16N2O2/c1-7-3-4-10(14)9(5-7)11(15)13-8(2)6-12/h3-5,8,14H,6,12H2,1-2H3,(H,13,15). The van der Waals surface area contributed by atoms with E-state index >= 15 is 0 Å². The summed E-state index contributed by atoms with van der Waals surface area (Å²) in [5.41, 5.74) is 6.61. The van der Waals surface area contributed by atoms with Crippen molar-refractivity contribution in [2.24, 2.45) is 5.73 Å². The van der Waals surface area contributed by atoms with Gasteiger partial charge in [-0.05, 0) is 26.0 Å². The van der Waals surface area contributed by atoms with E-state index in [0.717, 1.165) is 5.56 Å². The molecule has 1 unspecified atom stereocenters. The number of benzene rings is 1. The molecule has 1 rings (SSSR count). The van der Waals surface area contributed by atoms with Crippen LogP contribution >= 0.6 is 0 Å². The van der Waals surface area contributed by atoms with Crippen molar-refractivity contribution in [2.75, 3.05) is 6.54 Å². The van der Waals surface area contributed by atoms with Gasteiger partial charge in [-0.1, -0.05) is 11.6 Å². The molecule has 0 saturated carbocycles. The molecule has 4 heteroatoms. The molecule has 1 amide bonds. The number of carbonyl (C=O) groups excluding carboxylic acids is 1. The molecular formula is C11H16N2O2. The van der Waals surface area contributed by atoms with Crippen molar-refractivity contribution in [3.05, 3.63) is 29.3 Å². The zero-order valence-electron chi connectivity index (χ0n) is 8.95. The second-order valence-corrected chi connectivity index (χ2v) is 3.63. The van der Waals surface area contributed by atoms with Gasteiger partial charge >= 0.3 is 0 Å². The van der Waals surface area contributed by atoms with Crippen LogP contribution in [0.15, 0.2) is 18.2 Å². The number of amides is 1. The molecule has 0 bridgehead atoms. The predicted molar refractivity (Wildman–Crippen MR) is 58.8 cm³/mol. The van der Waals surface area contributed by atoms with Crippen molar-refractivity contribution in [2.45, 2.75) is 19.9 Å². The van der Waals surface area contributed by atoms with Gasteiger partial charge in [0.2, 0.25) is 0 Å². The minimum Gasteiger partial charge on any atom is -0.507 e. The summed E-state index contributed by atoms with van der Waals surface area (Å²) in [4.78, 5) is 11.7. The first-order valence-corrected chi connectivity index (χ1v) is 4.85. The molecule has 0 aromatic heterocycles. The van der Waals surface area contributed by atoms with Crippen LogP contribution in [0.25, 0.3) is 0 Å². The van der Waals surface area contributed by atoms with Gasteiger partial charge in [0.1, 0.15) is 5.75 Å². The Hall–Kier alpha value is -1.55. The van der Waals surface area contributed by atoms with Crippen molar-refractivity contribution >= 4 is 5.91 Å². The minimum absolute atomic E-state index is 0.0117. The SMILES string of the molecule is Cc1ccc(O)c(C(=O)NC(C)CN)c1.